The summed E-state index contributed by atoms with van der Waals surface area (Å²) >= 11 is 0. The number of hydrogen-bond acceptors (Lipinski definition) is 3. The van der Waals surface area contributed by atoms with Crippen molar-refractivity contribution in [2.24, 2.45) is 0 Å². The molecule has 0 aromatic carbocycles. The molecule has 1 unspecified atom stereocenters. The minimum Gasteiger partial charge on any atom is -0.426 e. The average molecular weight is 140 g/mol. The summed E-state index contributed by atoms with van der Waals surface area (Å²) in [5, 5.41) is 9.49. The van der Waals surface area contributed by atoms with Crippen molar-refractivity contribution in [1.82, 2.24) is 0 Å². The second-order valence-corrected chi connectivity index (χ2v) is 2.73. The van der Waals surface area contributed by atoms with E-state index in [-0.39, 0.29) is 0 Å². The van der Waals surface area contributed by atoms with Crippen LogP contribution in [0.2, 0.25) is 0 Å². The topological polar surface area (TPSA) is 46.5 Å². The number of esters is 1. The Morgan fingerprint density at radius 3 is 3.20 bits per heavy atom. The fraction of sp³-hybridized carbons (Fsp3) is 0.571. The minimum absolute atomic E-state index is 0.405. The number of carbonyl (C=O) groups excluding carboxylic acids is 1. The Bertz CT molecular complexity index is 219. The van der Waals surface area contributed by atoms with Crippen LogP contribution in [-0.2, 0) is 9.53 Å². The van der Waals surface area contributed by atoms with Gasteiger partial charge in [0.05, 0.1) is 0 Å². The van der Waals surface area contributed by atoms with Gasteiger partial charge in [0.1, 0.15) is 0 Å². The van der Waals surface area contributed by atoms with Gasteiger partial charge in [-0.15, -0.1) is 0 Å². The quantitative estimate of drug-likeness (QED) is 0.493. The van der Waals surface area contributed by atoms with Crippen molar-refractivity contribution in [3.05, 3.63) is 11.6 Å². The summed E-state index contributed by atoms with van der Waals surface area (Å²) < 4.78 is 4.70. The van der Waals surface area contributed by atoms with Crippen LogP contribution < -0.4 is 0 Å². The maximum atomic E-state index is 10.6. The number of ether oxygens (including phenoxy) is 1. The summed E-state index contributed by atoms with van der Waals surface area (Å²) in [6.45, 7) is 0. The Morgan fingerprint density at radius 2 is 2.50 bits per heavy atom. The Balaban J connectivity index is 2.37. The van der Waals surface area contributed by atoms with E-state index in [4.69, 9.17) is 4.74 Å². The smallest absolute Gasteiger partial charge is 0.333 e. The molecular formula is C7H8O3. The van der Waals surface area contributed by atoms with Crippen molar-refractivity contribution in [2.75, 3.05) is 0 Å². The second kappa shape index (κ2) is 1.61. The predicted octanol–water partition coefficient (Wildman–Crippen LogP) is 0.342. The van der Waals surface area contributed by atoms with Gasteiger partial charge >= 0.3 is 5.97 Å². The molecule has 1 N–H and O–H groups in total. The lowest BCUT2D eigenvalue weighted by atomic mass is 10.1. The molecule has 0 saturated heterocycles. The van der Waals surface area contributed by atoms with Crippen LogP contribution in [0.5, 0.6) is 0 Å². The molecule has 0 bridgehead atoms. The number of hydrogen-bond donors (Lipinski definition) is 1. The highest BCUT2D eigenvalue weighted by molar-refractivity contribution is 5.86. The second-order valence-electron chi connectivity index (χ2n) is 2.73. The van der Waals surface area contributed by atoms with E-state index in [1.54, 1.807) is 0 Å². The van der Waals surface area contributed by atoms with E-state index in [0.29, 0.717) is 6.42 Å². The summed E-state index contributed by atoms with van der Waals surface area (Å²) in [7, 11) is 0. The summed E-state index contributed by atoms with van der Waals surface area (Å²) in [5.41, 5.74) is 0.748. The SMILES string of the molecule is O=C1C=C2CCCC2(O)O1. The standard InChI is InChI=1S/C7H8O3/c8-6-4-5-2-1-3-7(5,9)10-6/h4,9H,1-3H2. The lowest BCUT2D eigenvalue weighted by Crippen LogP contribution is -2.27. The van der Waals surface area contributed by atoms with E-state index < -0.39 is 11.8 Å². The molecule has 0 radical (unpaired) electrons. The molecule has 0 amide bonds. The van der Waals surface area contributed by atoms with Gasteiger partial charge in [0.15, 0.2) is 0 Å². The fourth-order valence-electron chi connectivity index (χ4n) is 1.51. The highest BCUT2D eigenvalue weighted by Crippen LogP contribution is 2.39. The van der Waals surface area contributed by atoms with Crippen LogP contribution in [0.4, 0.5) is 0 Å². The van der Waals surface area contributed by atoms with Gasteiger partial charge in [0.25, 0.3) is 0 Å². The molecule has 54 valence electrons. The van der Waals surface area contributed by atoms with E-state index in [9.17, 15) is 9.90 Å². The largest absolute Gasteiger partial charge is 0.426 e. The van der Waals surface area contributed by atoms with E-state index in [0.717, 1.165) is 18.4 Å². The lowest BCUT2D eigenvalue weighted by molar-refractivity contribution is -0.178. The first-order valence-corrected chi connectivity index (χ1v) is 3.37. The average Bonchev–Trinajstić information content (AvgIpc) is 2.20. The maximum absolute atomic E-state index is 10.6. The summed E-state index contributed by atoms with van der Waals surface area (Å²) in [6.07, 6.45) is 3.66. The third kappa shape index (κ3) is 0.609. The van der Waals surface area contributed by atoms with Crippen LogP contribution in [0.25, 0.3) is 0 Å². The maximum Gasteiger partial charge on any atom is 0.333 e. The molecule has 0 spiro atoms. The zero-order chi connectivity index (χ0) is 7.19. The molecule has 1 aliphatic heterocycles. The van der Waals surface area contributed by atoms with Gasteiger partial charge in [-0.25, -0.2) is 4.79 Å². The van der Waals surface area contributed by atoms with Gasteiger partial charge in [-0.1, -0.05) is 0 Å². The molecule has 1 fully saturated rings. The van der Waals surface area contributed by atoms with Crippen molar-refractivity contribution in [1.29, 1.82) is 0 Å². The van der Waals surface area contributed by atoms with Crippen molar-refractivity contribution in [3.63, 3.8) is 0 Å². The molecule has 1 heterocycles. The molecule has 1 saturated carbocycles. The van der Waals surface area contributed by atoms with Crippen molar-refractivity contribution >= 4 is 5.97 Å². The van der Waals surface area contributed by atoms with Crippen LogP contribution in [-0.4, -0.2) is 16.9 Å². The molecule has 0 aromatic rings. The molecule has 2 aliphatic rings. The third-order valence-corrected chi connectivity index (χ3v) is 2.03. The van der Waals surface area contributed by atoms with Crippen molar-refractivity contribution < 1.29 is 14.6 Å². The normalized spacial score (nSPS) is 37.3. The first-order valence-electron chi connectivity index (χ1n) is 3.37. The molecule has 2 rings (SSSR count). The third-order valence-electron chi connectivity index (χ3n) is 2.03. The molecular weight excluding hydrogens is 132 g/mol. The number of rotatable bonds is 0. The first-order chi connectivity index (χ1) is 4.71. The van der Waals surface area contributed by atoms with Crippen molar-refractivity contribution in [3.8, 4) is 0 Å². The molecule has 1 atom stereocenters. The Labute approximate surface area is 58.3 Å². The van der Waals surface area contributed by atoms with Crippen LogP contribution in [0.3, 0.4) is 0 Å². The van der Waals surface area contributed by atoms with Crippen LogP contribution in [0, 0.1) is 0 Å². The van der Waals surface area contributed by atoms with Gasteiger partial charge in [0, 0.05) is 18.1 Å². The fourth-order valence-corrected chi connectivity index (χ4v) is 1.51. The van der Waals surface area contributed by atoms with Crippen LogP contribution in [0.15, 0.2) is 11.6 Å². The van der Waals surface area contributed by atoms with Crippen LogP contribution in [0.1, 0.15) is 19.3 Å². The highest BCUT2D eigenvalue weighted by atomic mass is 16.7. The molecule has 10 heavy (non-hydrogen) atoms. The Kier molecular flexibility index (Phi) is 0.951. The van der Waals surface area contributed by atoms with Crippen molar-refractivity contribution in [2.45, 2.75) is 25.0 Å². The van der Waals surface area contributed by atoms with Crippen LogP contribution >= 0.6 is 0 Å². The van der Waals surface area contributed by atoms with Gasteiger partial charge in [0.2, 0.25) is 5.79 Å². The summed E-state index contributed by atoms with van der Waals surface area (Å²) in [6, 6.07) is 0. The summed E-state index contributed by atoms with van der Waals surface area (Å²) in [5.74, 6) is -1.62. The van der Waals surface area contributed by atoms with Gasteiger partial charge in [-0.2, -0.15) is 0 Å². The molecule has 0 aromatic heterocycles. The first kappa shape index (κ1) is 5.92. The van der Waals surface area contributed by atoms with E-state index >= 15 is 0 Å². The zero-order valence-corrected chi connectivity index (χ0v) is 5.46. The van der Waals surface area contributed by atoms with Gasteiger partial charge < -0.3 is 9.84 Å². The summed E-state index contributed by atoms with van der Waals surface area (Å²) in [4.78, 5) is 10.6. The lowest BCUT2D eigenvalue weighted by Gasteiger charge is -2.16. The Morgan fingerprint density at radius 1 is 1.70 bits per heavy atom. The van der Waals surface area contributed by atoms with E-state index in [1.165, 1.54) is 6.08 Å². The minimum atomic E-state index is -1.21. The monoisotopic (exact) mass is 140 g/mol. The Hall–Kier alpha value is -0.830. The number of fused-ring (bicyclic) bond motifs is 1. The molecule has 1 aliphatic carbocycles. The molecule has 3 nitrogen and oxygen atoms in total. The van der Waals surface area contributed by atoms with E-state index in [1.807, 2.05) is 0 Å². The molecule has 3 heteroatoms. The number of carbonyl (C=O) groups is 1. The van der Waals surface area contributed by atoms with E-state index in [2.05, 4.69) is 0 Å². The number of aliphatic hydroxyl groups is 1. The highest BCUT2D eigenvalue weighted by Gasteiger charge is 2.44. The zero-order valence-electron chi connectivity index (χ0n) is 5.46. The predicted molar refractivity (Wildman–Crippen MR) is 33.0 cm³/mol. The van der Waals surface area contributed by atoms with Gasteiger partial charge in [-0.3, -0.25) is 0 Å². The van der Waals surface area contributed by atoms with Gasteiger partial charge in [-0.05, 0) is 12.8 Å².